The highest BCUT2D eigenvalue weighted by atomic mass is 35.5. The number of ether oxygens (including phenoxy) is 1. The minimum atomic E-state index is -0.347. The average molecular weight is 456 g/mol. The Morgan fingerprint density at radius 1 is 1.03 bits per heavy atom. The zero-order valence-electron chi connectivity index (χ0n) is 17.4. The van der Waals surface area contributed by atoms with Gasteiger partial charge in [0.15, 0.2) is 5.82 Å². The van der Waals surface area contributed by atoms with E-state index < -0.39 is 0 Å². The molecule has 2 aliphatic heterocycles. The molecule has 1 fully saturated rings. The lowest BCUT2D eigenvalue weighted by atomic mass is 10.1. The van der Waals surface area contributed by atoms with Gasteiger partial charge in [-0.3, -0.25) is 0 Å². The molecule has 2 aromatic carbocycles. The molecule has 0 atom stereocenters. The van der Waals surface area contributed by atoms with Crippen LogP contribution in [0.15, 0.2) is 64.4 Å². The molecule has 31 heavy (non-hydrogen) atoms. The van der Waals surface area contributed by atoms with E-state index in [1.165, 1.54) is 32.4 Å². The second kappa shape index (κ2) is 9.90. The molecule has 162 valence electrons. The third-order valence-electron chi connectivity index (χ3n) is 5.85. The summed E-state index contributed by atoms with van der Waals surface area (Å²) in [5.74, 6) is 0.657. The van der Waals surface area contributed by atoms with E-state index in [2.05, 4.69) is 12.1 Å². The number of likely N-dealkylation sites (tertiary alicyclic amines) is 1. The van der Waals surface area contributed by atoms with Crippen LogP contribution in [0.25, 0.3) is 10.9 Å². The standard InChI is InChI=1S/C24H25N3O2S.ClH/c28-24(29-16-8-15-26-13-6-1-7-14-26)27-20-11-4-5-12-21(20)30-22-17-18-9-2-3-10-19(18)25-23(22)27;/h2-5,9-12,17H,1,6-8,13-16H2;1H. The van der Waals surface area contributed by atoms with Crippen molar-refractivity contribution in [1.82, 2.24) is 4.98 Å². The number of rotatable bonds is 4. The highest BCUT2D eigenvalue weighted by Crippen LogP contribution is 2.48. The van der Waals surface area contributed by atoms with Crippen molar-refractivity contribution < 1.29 is 26.8 Å². The molecule has 0 bridgehead atoms. The van der Waals surface area contributed by atoms with Crippen LogP contribution in [-0.2, 0) is 4.74 Å². The highest BCUT2D eigenvalue weighted by molar-refractivity contribution is 7.99. The second-order valence-electron chi connectivity index (χ2n) is 7.94. The number of anilines is 2. The normalized spacial score (nSPS) is 15.7. The number of benzene rings is 2. The molecule has 1 saturated heterocycles. The quantitative estimate of drug-likeness (QED) is 0.605. The number of aromatic nitrogens is 1. The smallest absolute Gasteiger partial charge is 0.420 e. The maximum atomic E-state index is 13.2. The third-order valence-corrected chi connectivity index (χ3v) is 6.94. The first kappa shape index (κ1) is 21.9. The summed E-state index contributed by atoms with van der Waals surface area (Å²) in [6, 6.07) is 18.1. The Hall–Kier alpha value is -2.28. The summed E-state index contributed by atoms with van der Waals surface area (Å²) >= 11 is 1.65. The van der Waals surface area contributed by atoms with Gasteiger partial charge in [-0.25, -0.2) is 14.7 Å². The van der Waals surface area contributed by atoms with Gasteiger partial charge in [0.2, 0.25) is 0 Å². The van der Waals surface area contributed by atoms with Gasteiger partial charge in [-0.2, -0.15) is 0 Å². The first-order valence-corrected chi connectivity index (χ1v) is 11.6. The summed E-state index contributed by atoms with van der Waals surface area (Å²) in [6.45, 7) is 4.00. The number of quaternary nitrogens is 1. The monoisotopic (exact) mass is 455 g/mol. The fourth-order valence-corrected chi connectivity index (χ4v) is 5.38. The summed E-state index contributed by atoms with van der Waals surface area (Å²) in [7, 11) is 0. The third kappa shape index (κ3) is 4.66. The molecule has 1 N–H and O–H groups in total. The first-order chi connectivity index (χ1) is 14.8. The molecule has 0 aliphatic carbocycles. The predicted molar refractivity (Wildman–Crippen MR) is 120 cm³/mol. The molecule has 0 radical (unpaired) electrons. The van der Waals surface area contributed by atoms with Crippen LogP contribution in [0, 0.1) is 0 Å². The molecule has 0 saturated carbocycles. The van der Waals surface area contributed by atoms with E-state index in [4.69, 9.17) is 9.72 Å². The van der Waals surface area contributed by atoms with Crippen molar-refractivity contribution in [1.29, 1.82) is 0 Å². The van der Waals surface area contributed by atoms with Crippen LogP contribution < -0.4 is 22.2 Å². The predicted octanol–water partition coefficient (Wildman–Crippen LogP) is 1.44. The molecular formula is C24H26ClN3O2S. The lowest BCUT2D eigenvalue weighted by molar-refractivity contribution is -0.905. The lowest BCUT2D eigenvalue weighted by Crippen LogP contribution is -3.12. The van der Waals surface area contributed by atoms with Crippen LogP contribution in [0.5, 0.6) is 0 Å². The minimum Gasteiger partial charge on any atom is -1.00 e. The zero-order chi connectivity index (χ0) is 20.3. The molecule has 0 unspecified atom stereocenters. The molecule has 5 rings (SSSR count). The Morgan fingerprint density at radius 3 is 2.68 bits per heavy atom. The van der Waals surface area contributed by atoms with Crippen molar-refractivity contribution in [2.75, 3.05) is 31.1 Å². The number of pyridine rings is 1. The van der Waals surface area contributed by atoms with E-state index in [1.54, 1.807) is 21.6 Å². The Labute approximate surface area is 193 Å². The van der Waals surface area contributed by atoms with Gasteiger partial charge >= 0.3 is 6.09 Å². The summed E-state index contributed by atoms with van der Waals surface area (Å²) in [5.41, 5.74) is 1.71. The molecule has 3 heterocycles. The second-order valence-corrected chi connectivity index (χ2v) is 9.02. The van der Waals surface area contributed by atoms with Crippen molar-refractivity contribution >= 4 is 40.3 Å². The Morgan fingerprint density at radius 2 is 1.81 bits per heavy atom. The highest BCUT2D eigenvalue weighted by Gasteiger charge is 2.31. The zero-order valence-corrected chi connectivity index (χ0v) is 18.9. The molecule has 2 aliphatic rings. The van der Waals surface area contributed by atoms with Gasteiger partial charge in [0.05, 0.1) is 42.3 Å². The van der Waals surface area contributed by atoms with Crippen LogP contribution in [0.2, 0.25) is 0 Å². The van der Waals surface area contributed by atoms with Crippen LogP contribution in [0.3, 0.4) is 0 Å². The fraction of sp³-hybridized carbons (Fsp3) is 0.333. The molecule has 1 amide bonds. The number of carbonyl (C=O) groups is 1. The van der Waals surface area contributed by atoms with Crippen LogP contribution in [0.1, 0.15) is 25.7 Å². The van der Waals surface area contributed by atoms with E-state index in [0.29, 0.717) is 12.4 Å². The fourth-order valence-electron chi connectivity index (χ4n) is 4.32. The number of fused-ring (bicyclic) bond motifs is 3. The molecule has 7 heteroatoms. The van der Waals surface area contributed by atoms with Crippen molar-refractivity contribution in [2.45, 2.75) is 35.5 Å². The number of amides is 1. The Kier molecular flexibility index (Phi) is 7.00. The Bertz CT molecular complexity index is 1070. The van der Waals surface area contributed by atoms with Gasteiger partial charge in [0.1, 0.15) is 0 Å². The molecule has 1 aromatic heterocycles. The minimum absolute atomic E-state index is 0. The lowest BCUT2D eigenvalue weighted by Gasteiger charge is -2.29. The number of piperidine rings is 1. The van der Waals surface area contributed by atoms with Crippen molar-refractivity contribution in [3.63, 3.8) is 0 Å². The van der Waals surface area contributed by atoms with Crippen LogP contribution >= 0.6 is 11.8 Å². The van der Waals surface area contributed by atoms with E-state index >= 15 is 0 Å². The van der Waals surface area contributed by atoms with E-state index in [-0.39, 0.29) is 18.5 Å². The van der Waals surface area contributed by atoms with E-state index in [9.17, 15) is 4.79 Å². The van der Waals surface area contributed by atoms with Gasteiger partial charge in [0.25, 0.3) is 0 Å². The number of carbonyl (C=O) groups excluding carboxylic acids is 1. The first-order valence-electron chi connectivity index (χ1n) is 10.8. The number of nitrogens with one attached hydrogen (secondary N) is 1. The van der Waals surface area contributed by atoms with Gasteiger partial charge in [-0.1, -0.05) is 42.1 Å². The van der Waals surface area contributed by atoms with E-state index in [0.717, 1.165) is 39.3 Å². The summed E-state index contributed by atoms with van der Waals surface area (Å²) < 4.78 is 5.72. The largest absolute Gasteiger partial charge is 1.00 e. The summed E-state index contributed by atoms with van der Waals surface area (Å²) in [5, 5.41) is 1.07. The van der Waals surface area contributed by atoms with Gasteiger partial charge in [0, 0.05) is 16.7 Å². The molecule has 5 nitrogen and oxygen atoms in total. The number of nitrogens with zero attached hydrogens (tertiary/aromatic N) is 2. The number of hydrogen-bond acceptors (Lipinski definition) is 4. The average Bonchev–Trinajstić information content (AvgIpc) is 2.79. The number of hydrogen-bond donors (Lipinski definition) is 1. The molecule has 0 spiro atoms. The van der Waals surface area contributed by atoms with Crippen molar-refractivity contribution in [3.8, 4) is 0 Å². The van der Waals surface area contributed by atoms with Gasteiger partial charge in [-0.15, -0.1) is 0 Å². The van der Waals surface area contributed by atoms with Crippen LogP contribution in [0.4, 0.5) is 16.3 Å². The Balaban J connectivity index is 0.00000231. The van der Waals surface area contributed by atoms with Crippen LogP contribution in [-0.4, -0.2) is 37.3 Å². The summed E-state index contributed by atoms with van der Waals surface area (Å²) in [6.07, 6.45) is 4.52. The van der Waals surface area contributed by atoms with E-state index in [1.807, 2.05) is 42.5 Å². The maximum Gasteiger partial charge on any atom is 0.420 e. The number of para-hydroxylation sites is 2. The molecular weight excluding hydrogens is 430 g/mol. The van der Waals surface area contributed by atoms with Crippen molar-refractivity contribution in [3.05, 3.63) is 54.6 Å². The molecule has 3 aromatic rings. The SMILES string of the molecule is O=C(OCCC[NH+]1CCCCC1)N1c2ccccc2Sc2cc3ccccc3nc21.[Cl-]. The topological polar surface area (TPSA) is 46.9 Å². The van der Waals surface area contributed by atoms with Gasteiger partial charge in [-0.05, 0) is 43.5 Å². The van der Waals surface area contributed by atoms with Gasteiger partial charge < -0.3 is 22.0 Å². The number of halogens is 1. The van der Waals surface area contributed by atoms with Crippen molar-refractivity contribution in [2.24, 2.45) is 0 Å². The maximum absolute atomic E-state index is 13.2. The summed E-state index contributed by atoms with van der Waals surface area (Å²) in [4.78, 5) is 23.3.